The van der Waals surface area contributed by atoms with Crippen molar-refractivity contribution in [2.24, 2.45) is 0 Å². The van der Waals surface area contributed by atoms with Gasteiger partial charge >= 0.3 is 0 Å². The second kappa shape index (κ2) is 3.08. The van der Waals surface area contributed by atoms with E-state index < -0.39 is 0 Å². The van der Waals surface area contributed by atoms with E-state index in [0.29, 0.717) is 15.1 Å². The average molecular weight is 223 g/mol. The number of benzene rings is 1. The predicted octanol–water partition coefficient (Wildman–Crippen LogP) is 3.25. The van der Waals surface area contributed by atoms with E-state index in [4.69, 9.17) is 34.8 Å². The summed E-state index contributed by atoms with van der Waals surface area (Å²) >= 11 is 17.8. The number of rotatable bonds is 0. The van der Waals surface area contributed by atoms with E-state index in [1.807, 2.05) is 0 Å². The van der Waals surface area contributed by atoms with Gasteiger partial charge in [-0.1, -0.05) is 34.8 Å². The fourth-order valence-electron chi connectivity index (χ4n) is 1.37. The standard InChI is InChI=1S/C8H6Cl3N/c9-6-1-7(10)8(11)5-3-12-2-4(5)6/h1,12H,2-3H2. The lowest BCUT2D eigenvalue weighted by molar-refractivity contribution is 0.765. The average Bonchev–Trinajstić information content (AvgIpc) is 2.48. The molecule has 0 aromatic heterocycles. The van der Waals surface area contributed by atoms with E-state index in [2.05, 4.69) is 5.32 Å². The van der Waals surface area contributed by atoms with Crippen LogP contribution in [-0.4, -0.2) is 0 Å². The van der Waals surface area contributed by atoms with E-state index in [-0.39, 0.29) is 0 Å². The Labute approximate surface area is 85.6 Å². The minimum atomic E-state index is 0.532. The van der Waals surface area contributed by atoms with Crippen LogP contribution in [0.1, 0.15) is 11.1 Å². The number of hydrogen-bond donors (Lipinski definition) is 1. The first-order valence-corrected chi connectivity index (χ1v) is 4.69. The van der Waals surface area contributed by atoms with Crippen molar-refractivity contribution in [1.29, 1.82) is 0 Å². The number of fused-ring (bicyclic) bond motifs is 1. The molecule has 2 rings (SSSR count). The van der Waals surface area contributed by atoms with Crippen LogP contribution in [0.25, 0.3) is 0 Å². The monoisotopic (exact) mass is 221 g/mol. The lowest BCUT2D eigenvalue weighted by Gasteiger charge is -2.04. The second-order valence-corrected chi connectivity index (χ2v) is 3.91. The molecule has 1 aromatic carbocycles. The zero-order valence-corrected chi connectivity index (χ0v) is 8.39. The Kier molecular flexibility index (Phi) is 2.21. The van der Waals surface area contributed by atoms with Gasteiger partial charge in [-0.05, 0) is 17.2 Å². The summed E-state index contributed by atoms with van der Waals surface area (Å²) in [5, 5.41) is 5.03. The third-order valence-electron chi connectivity index (χ3n) is 1.98. The molecular weight excluding hydrogens is 216 g/mol. The van der Waals surface area contributed by atoms with Crippen LogP contribution >= 0.6 is 34.8 Å². The predicted molar refractivity (Wildman–Crippen MR) is 52.0 cm³/mol. The zero-order chi connectivity index (χ0) is 8.72. The number of halogens is 3. The Hall–Kier alpha value is 0.0500. The summed E-state index contributed by atoms with van der Waals surface area (Å²) in [5.74, 6) is 0. The third kappa shape index (κ3) is 1.21. The molecule has 1 aliphatic rings. The largest absolute Gasteiger partial charge is 0.308 e. The quantitative estimate of drug-likeness (QED) is 0.665. The highest BCUT2D eigenvalue weighted by Crippen LogP contribution is 2.35. The highest BCUT2D eigenvalue weighted by Gasteiger charge is 2.18. The molecule has 4 heteroatoms. The van der Waals surface area contributed by atoms with Gasteiger partial charge < -0.3 is 5.32 Å². The molecule has 12 heavy (non-hydrogen) atoms. The fraction of sp³-hybridized carbons (Fsp3) is 0.250. The molecule has 1 N–H and O–H groups in total. The topological polar surface area (TPSA) is 12.0 Å². The maximum absolute atomic E-state index is 5.98. The third-order valence-corrected chi connectivity index (χ3v) is 3.15. The van der Waals surface area contributed by atoms with Crippen molar-refractivity contribution in [2.45, 2.75) is 13.1 Å². The smallest absolute Gasteiger partial charge is 0.0641 e. The summed E-state index contributed by atoms with van der Waals surface area (Å²) < 4.78 is 0. The van der Waals surface area contributed by atoms with Crippen molar-refractivity contribution in [3.63, 3.8) is 0 Å². The number of hydrogen-bond acceptors (Lipinski definition) is 1. The number of nitrogens with one attached hydrogen (secondary N) is 1. The molecule has 0 unspecified atom stereocenters. The SMILES string of the molecule is Clc1cc(Cl)c2c(c1Cl)CNC2. The molecule has 0 bridgehead atoms. The normalized spacial score (nSPS) is 14.9. The molecule has 0 saturated carbocycles. The molecule has 0 atom stereocenters. The molecule has 0 saturated heterocycles. The van der Waals surface area contributed by atoms with E-state index in [9.17, 15) is 0 Å². The lowest BCUT2D eigenvalue weighted by Crippen LogP contribution is -2.00. The van der Waals surface area contributed by atoms with Crippen LogP contribution < -0.4 is 5.32 Å². The van der Waals surface area contributed by atoms with Crippen molar-refractivity contribution >= 4 is 34.8 Å². The van der Waals surface area contributed by atoms with Crippen LogP contribution in [0.2, 0.25) is 15.1 Å². The molecule has 0 aliphatic carbocycles. The van der Waals surface area contributed by atoms with Crippen LogP contribution in [0, 0.1) is 0 Å². The Morgan fingerprint density at radius 3 is 2.42 bits per heavy atom. The van der Waals surface area contributed by atoms with Crippen molar-refractivity contribution < 1.29 is 0 Å². The van der Waals surface area contributed by atoms with Crippen LogP contribution in [-0.2, 0) is 13.1 Å². The van der Waals surface area contributed by atoms with Gasteiger partial charge in [-0.25, -0.2) is 0 Å². The maximum Gasteiger partial charge on any atom is 0.0641 e. The fourth-order valence-corrected chi connectivity index (χ4v) is 2.17. The first kappa shape index (κ1) is 8.64. The second-order valence-electron chi connectivity index (χ2n) is 2.71. The Balaban J connectivity index is 2.69. The Morgan fingerprint density at radius 1 is 1.00 bits per heavy atom. The van der Waals surface area contributed by atoms with E-state index in [1.54, 1.807) is 6.07 Å². The van der Waals surface area contributed by atoms with Crippen molar-refractivity contribution in [1.82, 2.24) is 5.32 Å². The first-order valence-electron chi connectivity index (χ1n) is 3.56. The molecular formula is C8H6Cl3N. The van der Waals surface area contributed by atoms with Crippen LogP contribution in [0.4, 0.5) is 0 Å². The summed E-state index contributed by atoms with van der Waals surface area (Å²) in [6.45, 7) is 1.54. The van der Waals surface area contributed by atoms with Crippen molar-refractivity contribution in [3.05, 3.63) is 32.3 Å². The molecule has 0 spiro atoms. The molecule has 64 valence electrons. The minimum absolute atomic E-state index is 0.532. The molecule has 1 heterocycles. The zero-order valence-electron chi connectivity index (χ0n) is 6.13. The molecule has 0 fully saturated rings. The summed E-state index contributed by atoms with van der Waals surface area (Å²) in [6.07, 6.45) is 0. The maximum atomic E-state index is 5.98. The van der Waals surface area contributed by atoms with Crippen LogP contribution in [0.5, 0.6) is 0 Å². The molecule has 0 amide bonds. The summed E-state index contributed by atoms with van der Waals surface area (Å²) in [7, 11) is 0. The van der Waals surface area contributed by atoms with Gasteiger partial charge in [0.25, 0.3) is 0 Å². The lowest BCUT2D eigenvalue weighted by atomic mass is 10.1. The van der Waals surface area contributed by atoms with Crippen molar-refractivity contribution in [2.75, 3.05) is 0 Å². The molecule has 0 radical (unpaired) electrons. The molecule has 1 nitrogen and oxygen atoms in total. The van der Waals surface area contributed by atoms with Gasteiger partial charge in [0, 0.05) is 18.1 Å². The van der Waals surface area contributed by atoms with Gasteiger partial charge in [0.05, 0.1) is 10.0 Å². The van der Waals surface area contributed by atoms with Gasteiger partial charge in [0.1, 0.15) is 0 Å². The minimum Gasteiger partial charge on any atom is -0.308 e. The summed E-state index contributed by atoms with van der Waals surface area (Å²) in [4.78, 5) is 0. The molecule has 1 aromatic rings. The Morgan fingerprint density at radius 2 is 1.67 bits per heavy atom. The van der Waals surface area contributed by atoms with Gasteiger partial charge in [-0.2, -0.15) is 0 Å². The Bertz CT molecular complexity index is 336. The van der Waals surface area contributed by atoms with Gasteiger partial charge in [-0.3, -0.25) is 0 Å². The van der Waals surface area contributed by atoms with Crippen LogP contribution in [0.15, 0.2) is 6.07 Å². The van der Waals surface area contributed by atoms with Crippen LogP contribution in [0.3, 0.4) is 0 Å². The van der Waals surface area contributed by atoms with Crippen molar-refractivity contribution in [3.8, 4) is 0 Å². The van der Waals surface area contributed by atoms with E-state index >= 15 is 0 Å². The summed E-state index contributed by atoms with van der Waals surface area (Å²) in [6, 6.07) is 1.69. The van der Waals surface area contributed by atoms with Gasteiger partial charge in [0.15, 0.2) is 0 Å². The van der Waals surface area contributed by atoms with Gasteiger partial charge in [-0.15, -0.1) is 0 Å². The van der Waals surface area contributed by atoms with Gasteiger partial charge in [0.2, 0.25) is 0 Å². The van der Waals surface area contributed by atoms with E-state index in [1.165, 1.54) is 0 Å². The first-order chi connectivity index (χ1) is 5.70. The highest BCUT2D eigenvalue weighted by atomic mass is 35.5. The summed E-state index contributed by atoms with van der Waals surface area (Å²) in [5.41, 5.74) is 2.11. The van der Waals surface area contributed by atoms with E-state index in [0.717, 1.165) is 24.2 Å². The highest BCUT2D eigenvalue weighted by molar-refractivity contribution is 6.44. The molecule has 1 aliphatic heterocycles.